The van der Waals surface area contributed by atoms with Crippen LogP contribution in [0.3, 0.4) is 0 Å². The van der Waals surface area contributed by atoms with Crippen LogP contribution in [0.4, 0.5) is 4.39 Å². The quantitative estimate of drug-likeness (QED) is 0.906. The predicted octanol–water partition coefficient (Wildman–Crippen LogP) is 2.58. The Hall–Kier alpha value is -1.13. The first-order chi connectivity index (χ1) is 9.22. The number of ether oxygens (including phenoxy) is 1. The zero-order chi connectivity index (χ0) is 13.7. The zero-order valence-corrected chi connectivity index (χ0v) is 11.8. The highest BCUT2D eigenvalue weighted by Gasteiger charge is 2.18. The van der Waals surface area contributed by atoms with Gasteiger partial charge in [-0.2, -0.15) is 0 Å². The molecule has 0 bridgehead atoms. The number of halogens is 1. The van der Waals surface area contributed by atoms with E-state index in [0.29, 0.717) is 12.4 Å². The highest BCUT2D eigenvalue weighted by molar-refractivity contribution is 5.31. The summed E-state index contributed by atoms with van der Waals surface area (Å²) >= 11 is 0. The monoisotopic (exact) mass is 266 g/mol. The average molecular weight is 266 g/mol. The SMILES string of the molecule is CCOc1ccc(C(C)N2CCCNCC2)cc1F. The number of hydrogen-bond donors (Lipinski definition) is 1. The fourth-order valence-electron chi connectivity index (χ4n) is 2.51. The van der Waals surface area contributed by atoms with Crippen molar-refractivity contribution < 1.29 is 9.13 Å². The number of hydrogen-bond acceptors (Lipinski definition) is 3. The molecule has 0 aromatic heterocycles. The van der Waals surface area contributed by atoms with Crippen molar-refractivity contribution in [3.63, 3.8) is 0 Å². The molecule has 1 aromatic carbocycles. The molecule has 1 atom stereocenters. The van der Waals surface area contributed by atoms with Crippen LogP contribution in [0.25, 0.3) is 0 Å². The van der Waals surface area contributed by atoms with E-state index in [-0.39, 0.29) is 11.9 Å². The van der Waals surface area contributed by atoms with E-state index in [1.807, 2.05) is 13.0 Å². The van der Waals surface area contributed by atoms with Crippen molar-refractivity contribution in [1.82, 2.24) is 10.2 Å². The second kappa shape index (κ2) is 6.87. The number of benzene rings is 1. The summed E-state index contributed by atoms with van der Waals surface area (Å²) in [5, 5.41) is 3.39. The highest BCUT2D eigenvalue weighted by Crippen LogP contribution is 2.25. The predicted molar refractivity (Wildman–Crippen MR) is 75.0 cm³/mol. The van der Waals surface area contributed by atoms with E-state index in [2.05, 4.69) is 17.1 Å². The standard InChI is InChI=1S/C15H23FN2O/c1-3-19-15-6-5-13(11-14(15)16)12(2)18-9-4-7-17-8-10-18/h5-6,11-12,17H,3-4,7-10H2,1-2H3. The minimum atomic E-state index is -0.265. The molecule has 1 N–H and O–H groups in total. The summed E-state index contributed by atoms with van der Waals surface area (Å²) in [4.78, 5) is 2.40. The molecule has 0 radical (unpaired) electrons. The molecule has 1 aromatic rings. The third-order valence-electron chi connectivity index (χ3n) is 3.66. The molecule has 1 aliphatic rings. The molecule has 3 nitrogen and oxygen atoms in total. The Morgan fingerprint density at radius 3 is 2.95 bits per heavy atom. The summed E-state index contributed by atoms with van der Waals surface area (Å²) in [6, 6.07) is 5.55. The van der Waals surface area contributed by atoms with Crippen LogP contribution >= 0.6 is 0 Å². The van der Waals surface area contributed by atoms with Gasteiger partial charge >= 0.3 is 0 Å². The lowest BCUT2D eigenvalue weighted by Crippen LogP contribution is -2.30. The summed E-state index contributed by atoms with van der Waals surface area (Å²) < 4.78 is 19.1. The maximum atomic E-state index is 13.9. The third-order valence-corrected chi connectivity index (χ3v) is 3.66. The van der Waals surface area contributed by atoms with Crippen molar-refractivity contribution in [3.05, 3.63) is 29.6 Å². The molecule has 1 aliphatic heterocycles. The van der Waals surface area contributed by atoms with Gasteiger partial charge in [0.1, 0.15) is 0 Å². The molecule has 1 unspecified atom stereocenters. The number of rotatable bonds is 4. The first-order valence-corrected chi connectivity index (χ1v) is 7.09. The van der Waals surface area contributed by atoms with Crippen LogP contribution in [0.5, 0.6) is 5.75 Å². The largest absolute Gasteiger partial charge is 0.491 e. The van der Waals surface area contributed by atoms with Gasteiger partial charge in [-0.15, -0.1) is 0 Å². The van der Waals surface area contributed by atoms with Gasteiger partial charge in [-0.05, 0) is 51.1 Å². The second-order valence-corrected chi connectivity index (χ2v) is 4.94. The molecule has 1 heterocycles. The minimum Gasteiger partial charge on any atom is -0.491 e. The second-order valence-electron chi connectivity index (χ2n) is 4.94. The van der Waals surface area contributed by atoms with Crippen molar-refractivity contribution in [2.45, 2.75) is 26.3 Å². The molecular weight excluding hydrogens is 243 g/mol. The van der Waals surface area contributed by atoms with E-state index < -0.39 is 0 Å². The molecule has 19 heavy (non-hydrogen) atoms. The van der Waals surface area contributed by atoms with Crippen LogP contribution in [-0.2, 0) is 0 Å². The molecule has 4 heteroatoms. The Morgan fingerprint density at radius 2 is 2.21 bits per heavy atom. The van der Waals surface area contributed by atoms with Gasteiger partial charge in [-0.3, -0.25) is 4.90 Å². The van der Waals surface area contributed by atoms with Crippen LogP contribution in [0.1, 0.15) is 31.9 Å². The average Bonchev–Trinajstić information content (AvgIpc) is 2.69. The van der Waals surface area contributed by atoms with Crippen molar-refractivity contribution in [1.29, 1.82) is 0 Å². The molecule has 2 rings (SSSR count). The van der Waals surface area contributed by atoms with Crippen molar-refractivity contribution in [2.24, 2.45) is 0 Å². The molecule has 1 saturated heterocycles. The Balaban J connectivity index is 2.09. The molecule has 106 valence electrons. The van der Waals surface area contributed by atoms with Gasteiger partial charge in [0.25, 0.3) is 0 Å². The first-order valence-electron chi connectivity index (χ1n) is 7.09. The zero-order valence-electron chi connectivity index (χ0n) is 11.8. The Labute approximate surface area is 114 Å². The summed E-state index contributed by atoms with van der Waals surface area (Å²) in [5.41, 5.74) is 1.02. The Bertz CT molecular complexity index is 403. The molecule has 0 saturated carbocycles. The molecule has 0 spiro atoms. The lowest BCUT2D eigenvalue weighted by Gasteiger charge is -2.27. The first kappa shape index (κ1) is 14.3. The topological polar surface area (TPSA) is 24.5 Å². The van der Waals surface area contributed by atoms with Crippen molar-refractivity contribution >= 4 is 0 Å². The van der Waals surface area contributed by atoms with Crippen LogP contribution < -0.4 is 10.1 Å². The van der Waals surface area contributed by atoms with E-state index in [0.717, 1.165) is 38.2 Å². The van der Waals surface area contributed by atoms with Gasteiger partial charge in [0.05, 0.1) is 6.61 Å². The summed E-state index contributed by atoms with van der Waals surface area (Å²) in [6.07, 6.45) is 1.14. The Morgan fingerprint density at radius 1 is 1.37 bits per heavy atom. The van der Waals surface area contributed by atoms with E-state index in [9.17, 15) is 4.39 Å². The van der Waals surface area contributed by atoms with Gasteiger partial charge in [-0.25, -0.2) is 4.39 Å². The van der Waals surface area contributed by atoms with Crippen LogP contribution in [0.2, 0.25) is 0 Å². The highest BCUT2D eigenvalue weighted by atomic mass is 19.1. The van der Waals surface area contributed by atoms with E-state index in [1.54, 1.807) is 12.1 Å². The number of nitrogens with one attached hydrogen (secondary N) is 1. The van der Waals surface area contributed by atoms with Gasteiger partial charge in [0, 0.05) is 19.1 Å². The fourth-order valence-corrected chi connectivity index (χ4v) is 2.51. The van der Waals surface area contributed by atoms with Gasteiger partial charge in [0.15, 0.2) is 11.6 Å². The molecular formula is C15H23FN2O. The summed E-state index contributed by atoms with van der Waals surface area (Å²) in [7, 11) is 0. The lowest BCUT2D eigenvalue weighted by atomic mass is 10.1. The van der Waals surface area contributed by atoms with Gasteiger partial charge in [0.2, 0.25) is 0 Å². The number of nitrogens with zero attached hydrogens (tertiary/aromatic N) is 1. The van der Waals surface area contributed by atoms with Crippen LogP contribution in [-0.4, -0.2) is 37.7 Å². The van der Waals surface area contributed by atoms with Gasteiger partial charge < -0.3 is 10.1 Å². The fraction of sp³-hybridized carbons (Fsp3) is 0.600. The van der Waals surface area contributed by atoms with Gasteiger partial charge in [-0.1, -0.05) is 6.07 Å². The maximum Gasteiger partial charge on any atom is 0.165 e. The normalized spacial score (nSPS) is 18.9. The van der Waals surface area contributed by atoms with Crippen LogP contribution in [0, 0.1) is 5.82 Å². The lowest BCUT2D eigenvalue weighted by molar-refractivity contribution is 0.224. The summed E-state index contributed by atoms with van der Waals surface area (Å²) in [5.74, 6) is 0.0788. The Kier molecular flexibility index (Phi) is 5.16. The molecule has 1 fully saturated rings. The van der Waals surface area contributed by atoms with Crippen molar-refractivity contribution in [2.75, 3.05) is 32.8 Å². The van der Waals surface area contributed by atoms with E-state index in [4.69, 9.17) is 4.74 Å². The molecule has 0 amide bonds. The minimum absolute atomic E-state index is 0.241. The molecule has 0 aliphatic carbocycles. The summed E-state index contributed by atoms with van der Waals surface area (Å²) in [6.45, 7) is 8.63. The van der Waals surface area contributed by atoms with Crippen molar-refractivity contribution in [3.8, 4) is 5.75 Å². The van der Waals surface area contributed by atoms with E-state index in [1.165, 1.54) is 0 Å². The van der Waals surface area contributed by atoms with E-state index >= 15 is 0 Å². The van der Waals surface area contributed by atoms with Crippen LogP contribution in [0.15, 0.2) is 18.2 Å². The third kappa shape index (κ3) is 3.67. The smallest absolute Gasteiger partial charge is 0.165 e. The maximum absolute atomic E-state index is 13.9.